The lowest BCUT2D eigenvalue weighted by atomic mass is 10.1. The summed E-state index contributed by atoms with van der Waals surface area (Å²) in [5.41, 5.74) is 3.60. The van der Waals surface area contributed by atoms with Gasteiger partial charge in [0, 0.05) is 31.9 Å². The molecule has 1 fully saturated rings. The van der Waals surface area contributed by atoms with E-state index in [0.717, 1.165) is 12.1 Å². The second-order valence-electron chi connectivity index (χ2n) is 5.92. The third kappa shape index (κ3) is 4.09. The van der Waals surface area contributed by atoms with E-state index in [2.05, 4.69) is 34.5 Å². The summed E-state index contributed by atoms with van der Waals surface area (Å²) in [6.45, 7) is 3.75. The van der Waals surface area contributed by atoms with Crippen molar-refractivity contribution in [2.45, 2.75) is 31.9 Å². The maximum atomic E-state index is 10.0. The molecule has 0 saturated carbocycles. The minimum atomic E-state index is -0.418. The van der Waals surface area contributed by atoms with Crippen LogP contribution in [-0.2, 0) is 6.54 Å². The Balaban J connectivity index is 1.46. The van der Waals surface area contributed by atoms with Crippen LogP contribution in [0.3, 0.4) is 0 Å². The molecule has 0 bridgehead atoms. The molecule has 1 saturated heterocycles. The van der Waals surface area contributed by atoms with Crippen LogP contribution >= 0.6 is 11.3 Å². The number of piperidine rings is 1. The Morgan fingerprint density at radius 1 is 1.09 bits per heavy atom. The lowest BCUT2D eigenvalue weighted by Crippen LogP contribution is -2.29. The number of hydrogen-bond donors (Lipinski definition) is 2. The Morgan fingerprint density at radius 2 is 1.86 bits per heavy atom. The van der Waals surface area contributed by atoms with Crippen molar-refractivity contribution in [2.24, 2.45) is 0 Å². The van der Waals surface area contributed by atoms with Crippen LogP contribution in [0.5, 0.6) is 0 Å². The molecular formula is C18H24N2OS. The molecule has 2 N–H and O–H groups in total. The van der Waals surface area contributed by atoms with Crippen molar-refractivity contribution >= 4 is 17.0 Å². The van der Waals surface area contributed by atoms with E-state index in [9.17, 15) is 5.11 Å². The number of rotatable bonds is 6. The van der Waals surface area contributed by atoms with E-state index < -0.39 is 6.10 Å². The first-order chi connectivity index (χ1) is 10.8. The molecule has 22 heavy (non-hydrogen) atoms. The Morgan fingerprint density at radius 3 is 2.55 bits per heavy atom. The van der Waals surface area contributed by atoms with E-state index in [4.69, 9.17) is 0 Å². The lowest BCUT2D eigenvalue weighted by molar-refractivity contribution is 0.175. The van der Waals surface area contributed by atoms with Gasteiger partial charge in [-0.2, -0.15) is 11.3 Å². The van der Waals surface area contributed by atoms with E-state index in [1.54, 1.807) is 11.3 Å². The minimum absolute atomic E-state index is 0.418. The highest BCUT2D eigenvalue weighted by atomic mass is 32.1. The standard InChI is InChI=1S/C18H24N2OS/c21-18(16-8-11-22-14-16)13-19-12-15-4-6-17(7-5-15)20-9-2-1-3-10-20/h4-8,11,14,18-19,21H,1-3,9-10,12-13H2. The Hall–Kier alpha value is -1.36. The zero-order chi connectivity index (χ0) is 15.2. The van der Waals surface area contributed by atoms with Crippen molar-refractivity contribution in [1.29, 1.82) is 0 Å². The van der Waals surface area contributed by atoms with Gasteiger partial charge in [-0.15, -0.1) is 0 Å². The molecule has 0 radical (unpaired) electrons. The zero-order valence-electron chi connectivity index (χ0n) is 12.9. The monoisotopic (exact) mass is 316 g/mol. The third-order valence-corrected chi connectivity index (χ3v) is 4.95. The predicted octanol–water partition coefficient (Wildman–Crippen LogP) is 3.56. The van der Waals surface area contributed by atoms with Gasteiger partial charge in [0.25, 0.3) is 0 Å². The fourth-order valence-corrected chi connectivity index (χ4v) is 3.62. The number of aliphatic hydroxyl groups is 1. The number of hydrogen-bond acceptors (Lipinski definition) is 4. The summed E-state index contributed by atoms with van der Waals surface area (Å²) in [6.07, 6.45) is 3.57. The summed E-state index contributed by atoms with van der Waals surface area (Å²) in [7, 11) is 0. The van der Waals surface area contributed by atoms with Gasteiger partial charge in [-0.1, -0.05) is 12.1 Å². The maximum Gasteiger partial charge on any atom is 0.0922 e. The molecule has 0 spiro atoms. The first-order valence-corrected chi connectivity index (χ1v) is 9.02. The van der Waals surface area contributed by atoms with E-state index in [1.807, 2.05) is 16.8 Å². The van der Waals surface area contributed by atoms with Crippen LogP contribution in [0.4, 0.5) is 5.69 Å². The molecule has 1 aliphatic heterocycles. The van der Waals surface area contributed by atoms with Gasteiger partial charge in [-0.25, -0.2) is 0 Å². The SMILES string of the molecule is OC(CNCc1ccc(N2CCCCC2)cc1)c1ccsc1. The summed E-state index contributed by atoms with van der Waals surface area (Å²) in [4.78, 5) is 2.47. The zero-order valence-corrected chi connectivity index (χ0v) is 13.7. The molecule has 2 heterocycles. The van der Waals surface area contributed by atoms with Gasteiger partial charge in [0.2, 0.25) is 0 Å². The summed E-state index contributed by atoms with van der Waals surface area (Å²) < 4.78 is 0. The second-order valence-corrected chi connectivity index (χ2v) is 6.70. The van der Waals surface area contributed by atoms with Crippen molar-refractivity contribution < 1.29 is 5.11 Å². The molecule has 4 heteroatoms. The van der Waals surface area contributed by atoms with Gasteiger partial charge in [-0.3, -0.25) is 0 Å². The average molecular weight is 316 g/mol. The number of anilines is 1. The van der Waals surface area contributed by atoms with Crippen LogP contribution in [0.2, 0.25) is 0 Å². The molecular weight excluding hydrogens is 292 g/mol. The summed E-state index contributed by atoms with van der Waals surface area (Å²) in [5.74, 6) is 0. The minimum Gasteiger partial charge on any atom is -0.387 e. The molecule has 1 aromatic carbocycles. The number of benzene rings is 1. The van der Waals surface area contributed by atoms with Gasteiger partial charge in [0.05, 0.1) is 6.10 Å². The quantitative estimate of drug-likeness (QED) is 0.855. The molecule has 1 aromatic heterocycles. The van der Waals surface area contributed by atoms with Crippen molar-refractivity contribution in [1.82, 2.24) is 5.32 Å². The van der Waals surface area contributed by atoms with Crippen LogP contribution < -0.4 is 10.2 Å². The summed E-state index contributed by atoms with van der Waals surface area (Å²) >= 11 is 1.62. The Bertz CT molecular complexity index is 547. The van der Waals surface area contributed by atoms with Gasteiger partial charge in [-0.05, 0) is 59.3 Å². The van der Waals surface area contributed by atoms with Gasteiger partial charge >= 0.3 is 0 Å². The summed E-state index contributed by atoms with van der Waals surface area (Å²) in [6, 6.07) is 10.8. The highest BCUT2D eigenvalue weighted by Crippen LogP contribution is 2.20. The molecule has 1 unspecified atom stereocenters. The predicted molar refractivity (Wildman–Crippen MR) is 93.5 cm³/mol. The molecule has 0 amide bonds. The van der Waals surface area contributed by atoms with Gasteiger partial charge in [0.15, 0.2) is 0 Å². The first-order valence-electron chi connectivity index (χ1n) is 8.08. The second kappa shape index (κ2) is 7.77. The topological polar surface area (TPSA) is 35.5 Å². The van der Waals surface area contributed by atoms with Crippen LogP contribution in [0.15, 0.2) is 41.1 Å². The van der Waals surface area contributed by atoms with Crippen molar-refractivity contribution in [2.75, 3.05) is 24.5 Å². The number of aliphatic hydroxyl groups excluding tert-OH is 1. The largest absolute Gasteiger partial charge is 0.387 e. The number of nitrogens with zero attached hydrogens (tertiary/aromatic N) is 1. The van der Waals surface area contributed by atoms with E-state index >= 15 is 0 Å². The summed E-state index contributed by atoms with van der Waals surface area (Å²) in [5, 5.41) is 17.4. The van der Waals surface area contributed by atoms with Gasteiger partial charge < -0.3 is 15.3 Å². The molecule has 0 aliphatic carbocycles. The Kier molecular flexibility index (Phi) is 5.48. The smallest absolute Gasteiger partial charge is 0.0922 e. The van der Waals surface area contributed by atoms with Crippen LogP contribution in [0, 0.1) is 0 Å². The fraction of sp³-hybridized carbons (Fsp3) is 0.444. The van der Waals surface area contributed by atoms with Crippen molar-refractivity contribution in [3.05, 3.63) is 52.2 Å². The molecule has 2 aromatic rings. The molecule has 1 aliphatic rings. The Labute approximate surface area is 136 Å². The van der Waals surface area contributed by atoms with Crippen molar-refractivity contribution in [3.63, 3.8) is 0 Å². The van der Waals surface area contributed by atoms with E-state index in [0.29, 0.717) is 6.54 Å². The lowest BCUT2D eigenvalue weighted by Gasteiger charge is -2.28. The number of nitrogens with one attached hydrogen (secondary N) is 1. The highest BCUT2D eigenvalue weighted by molar-refractivity contribution is 7.07. The van der Waals surface area contributed by atoms with Crippen LogP contribution in [0.25, 0.3) is 0 Å². The van der Waals surface area contributed by atoms with Crippen molar-refractivity contribution in [3.8, 4) is 0 Å². The van der Waals surface area contributed by atoms with Gasteiger partial charge in [0.1, 0.15) is 0 Å². The first kappa shape index (κ1) is 15.5. The van der Waals surface area contributed by atoms with Crippen LogP contribution in [-0.4, -0.2) is 24.7 Å². The molecule has 1 atom stereocenters. The van der Waals surface area contributed by atoms with Crippen LogP contribution in [0.1, 0.15) is 36.5 Å². The molecule has 118 valence electrons. The maximum absolute atomic E-state index is 10.0. The van der Waals surface area contributed by atoms with E-state index in [-0.39, 0.29) is 0 Å². The average Bonchev–Trinajstić information content (AvgIpc) is 3.11. The molecule has 3 nitrogen and oxygen atoms in total. The normalized spacial score (nSPS) is 16.7. The number of thiophene rings is 1. The van der Waals surface area contributed by atoms with E-state index in [1.165, 1.54) is 43.6 Å². The molecule has 3 rings (SSSR count). The third-order valence-electron chi connectivity index (χ3n) is 4.25. The fourth-order valence-electron chi connectivity index (χ4n) is 2.91. The highest BCUT2D eigenvalue weighted by Gasteiger charge is 2.10.